The van der Waals surface area contributed by atoms with Gasteiger partial charge in [0.05, 0.1) is 16.2 Å². The van der Waals surface area contributed by atoms with Crippen LogP contribution in [0.2, 0.25) is 5.15 Å². The van der Waals surface area contributed by atoms with Crippen molar-refractivity contribution in [3.63, 3.8) is 0 Å². The van der Waals surface area contributed by atoms with Crippen LogP contribution in [0.3, 0.4) is 0 Å². The van der Waals surface area contributed by atoms with Crippen LogP contribution in [0, 0.1) is 5.92 Å². The van der Waals surface area contributed by atoms with E-state index in [-0.39, 0.29) is 30.8 Å². The summed E-state index contributed by atoms with van der Waals surface area (Å²) in [6.45, 7) is 0.212. The standard InChI is InChI=1S/C24H25Cl2N3O4S/c25-15-10-29(20-16(30)11-33-21(15)20)24(32)19(12-4-2-1-3-5-12)14-8-17(34-22(14)23(27)31)13-6-7-18(26)28-9-13/h6-9,12,15,19-21H,1-5,10-11H2,(H2,27,31)/t15-,19-,20+,21+/m0/s1. The predicted octanol–water partition coefficient (Wildman–Crippen LogP) is 4.01. The summed E-state index contributed by atoms with van der Waals surface area (Å²) in [7, 11) is 0. The summed E-state index contributed by atoms with van der Waals surface area (Å²) in [6, 6.07) is 4.72. The van der Waals surface area contributed by atoms with Crippen molar-refractivity contribution in [1.82, 2.24) is 9.88 Å². The number of likely N-dealkylation sites (tertiary alicyclic amines) is 1. The van der Waals surface area contributed by atoms with Crippen molar-refractivity contribution < 1.29 is 19.1 Å². The number of pyridine rings is 1. The molecule has 2 saturated heterocycles. The zero-order valence-corrected chi connectivity index (χ0v) is 20.7. The summed E-state index contributed by atoms with van der Waals surface area (Å²) >= 11 is 13.7. The molecule has 1 aliphatic carbocycles. The molecule has 1 saturated carbocycles. The second-order valence-corrected chi connectivity index (χ2v) is 11.2. The Morgan fingerprint density at radius 3 is 2.68 bits per heavy atom. The minimum atomic E-state index is -0.670. The van der Waals surface area contributed by atoms with Crippen molar-refractivity contribution in [2.24, 2.45) is 11.7 Å². The molecule has 0 bridgehead atoms. The predicted molar refractivity (Wildman–Crippen MR) is 130 cm³/mol. The molecular formula is C24H25Cl2N3O4S. The fraction of sp³-hybridized carbons (Fsp3) is 0.500. The molecule has 4 heterocycles. The molecule has 0 unspecified atom stereocenters. The summed E-state index contributed by atoms with van der Waals surface area (Å²) in [6.07, 6.45) is 6.06. The van der Waals surface area contributed by atoms with Crippen molar-refractivity contribution >= 4 is 52.1 Å². The molecule has 2 aromatic rings. The molecule has 34 heavy (non-hydrogen) atoms. The molecular weight excluding hydrogens is 497 g/mol. The lowest BCUT2D eigenvalue weighted by molar-refractivity contribution is -0.139. The number of aromatic nitrogens is 1. The van der Waals surface area contributed by atoms with E-state index in [9.17, 15) is 14.4 Å². The van der Waals surface area contributed by atoms with E-state index >= 15 is 0 Å². The number of hydrogen-bond donors (Lipinski definition) is 1. The van der Waals surface area contributed by atoms with E-state index in [0.717, 1.165) is 42.5 Å². The highest BCUT2D eigenvalue weighted by atomic mass is 35.5. The third-order valence-corrected chi connectivity index (χ3v) is 8.95. The molecule has 3 aliphatic rings. The van der Waals surface area contributed by atoms with Crippen molar-refractivity contribution in [2.45, 2.75) is 55.5 Å². The van der Waals surface area contributed by atoms with E-state index in [0.29, 0.717) is 15.6 Å². The maximum atomic E-state index is 14.1. The van der Waals surface area contributed by atoms with E-state index in [1.807, 2.05) is 12.1 Å². The highest BCUT2D eigenvalue weighted by Crippen LogP contribution is 2.44. The number of nitrogens with two attached hydrogens (primary N) is 1. The number of amides is 2. The number of carbonyl (C=O) groups is 3. The number of carbonyl (C=O) groups excluding carboxylic acids is 3. The SMILES string of the molecule is NC(=O)c1sc(-c2ccc(Cl)nc2)cc1[C@@H](C(=O)N1C[C@H](Cl)[C@H]2OCC(=O)[C@H]21)C1CCCCC1. The van der Waals surface area contributed by atoms with Gasteiger partial charge in [-0.1, -0.05) is 30.9 Å². The van der Waals surface area contributed by atoms with Crippen LogP contribution in [0.5, 0.6) is 0 Å². The molecule has 0 aromatic carbocycles. The van der Waals surface area contributed by atoms with Gasteiger partial charge < -0.3 is 15.4 Å². The van der Waals surface area contributed by atoms with Crippen LogP contribution in [-0.4, -0.2) is 58.2 Å². The Balaban J connectivity index is 1.57. The van der Waals surface area contributed by atoms with Gasteiger partial charge in [0.1, 0.15) is 23.9 Å². The second-order valence-electron chi connectivity index (χ2n) is 9.20. The number of nitrogens with zero attached hydrogens (tertiary/aromatic N) is 2. The Labute approximate surface area is 211 Å². The minimum Gasteiger partial charge on any atom is -0.366 e. The molecule has 180 valence electrons. The number of thiophene rings is 1. The number of Topliss-reactive ketones (excluding diaryl/α,β-unsaturated/α-hetero) is 1. The number of rotatable bonds is 5. The van der Waals surface area contributed by atoms with E-state index in [1.165, 1.54) is 11.3 Å². The lowest BCUT2D eigenvalue weighted by Gasteiger charge is -2.34. The summed E-state index contributed by atoms with van der Waals surface area (Å²) < 4.78 is 5.58. The molecule has 4 atom stereocenters. The van der Waals surface area contributed by atoms with E-state index in [1.54, 1.807) is 17.2 Å². The van der Waals surface area contributed by atoms with Gasteiger partial charge in [-0.25, -0.2) is 4.98 Å². The fourth-order valence-electron chi connectivity index (χ4n) is 5.55. The zero-order chi connectivity index (χ0) is 24.0. The maximum Gasteiger partial charge on any atom is 0.259 e. The van der Waals surface area contributed by atoms with Crippen LogP contribution in [0.4, 0.5) is 0 Å². The Kier molecular flexibility index (Phi) is 6.68. The van der Waals surface area contributed by atoms with Gasteiger partial charge in [-0.15, -0.1) is 22.9 Å². The number of halogens is 2. The summed E-state index contributed by atoms with van der Waals surface area (Å²) in [5, 5.41) is -0.0743. The molecule has 2 N–H and O–H groups in total. The minimum absolute atomic E-state index is 0.0326. The van der Waals surface area contributed by atoms with Gasteiger partial charge in [0.15, 0.2) is 5.78 Å². The lowest BCUT2D eigenvalue weighted by Crippen LogP contribution is -2.46. The van der Waals surface area contributed by atoms with Crippen molar-refractivity contribution in [3.05, 3.63) is 40.0 Å². The van der Waals surface area contributed by atoms with Crippen LogP contribution in [0.25, 0.3) is 10.4 Å². The second kappa shape index (κ2) is 9.57. The highest BCUT2D eigenvalue weighted by Gasteiger charge is 2.53. The van der Waals surface area contributed by atoms with Gasteiger partial charge in [0.2, 0.25) is 5.91 Å². The Morgan fingerprint density at radius 2 is 2.00 bits per heavy atom. The third kappa shape index (κ3) is 4.26. The first-order chi connectivity index (χ1) is 16.3. The highest BCUT2D eigenvalue weighted by molar-refractivity contribution is 7.17. The smallest absolute Gasteiger partial charge is 0.259 e. The molecule has 0 radical (unpaired) electrons. The molecule has 10 heteroatoms. The Morgan fingerprint density at radius 1 is 1.24 bits per heavy atom. The van der Waals surface area contributed by atoms with E-state index < -0.39 is 29.3 Å². The molecule has 2 aromatic heterocycles. The van der Waals surface area contributed by atoms with E-state index in [2.05, 4.69) is 4.98 Å². The number of hydrogen-bond acceptors (Lipinski definition) is 6. The van der Waals surface area contributed by atoms with Gasteiger partial charge in [0, 0.05) is 23.2 Å². The first-order valence-corrected chi connectivity index (χ1v) is 13.1. The number of ether oxygens (including phenoxy) is 1. The molecule has 3 fully saturated rings. The van der Waals surface area contributed by atoms with Gasteiger partial charge in [-0.3, -0.25) is 14.4 Å². The molecule has 0 spiro atoms. The van der Waals surface area contributed by atoms with Gasteiger partial charge >= 0.3 is 0 Å². The van der Waals surface area contributed by atoms with Crippen molar-refractivity contribution in [1.29, 1.82) is 0 Å². The van der Waals surface area contributed by atoms with Crippen LogP contribution in [0.15, 0.2) is 24.4 Å². The fourth-order valence-corrected chi connectivity index (χ4v) is 7.07. The summed E-state index contributed by atoms with van der Waals surface area (Å²) in [5.41, 5.74) is 7.21. The normalized spacial score (nSPS) is 26.0. The first kappa shape index (κ1) is 23.7. The third-order valence-electron chi connectivity index (χ3n) is 7.12. The van der Waals surface area contributed by atoms with E-state index in [4.69, 9.17) is 33.7 Å². The average molecular weight is 522 g/mol. The number of alkyl halides is 1. The topological polar surface area (TPSA) is 103 Å². The molecule has 5 rings (SSSR count). The monoisotopic (exact) mass is 521 g/mol. The summed E-state index contributed by atoms with van der Waals surface area (Å²) in [5.74, 6) is -1.40. The van der Waals surface area contributed by atoms with Crippen LogP contribution >= 0.6 is 34.5 Å². The lowest BCUT2D eigenvalue weighted by atomic mass is 9.75. The quantitative estimate of drug-likeness (QED) is 0.472. The zero-order valence-electron chi connectivity index (χ0n) is 18.4. The van der Waals surface area contributed by atoms with Crippen molar-refractivity contribution in [2.75, 3.05) is 13.2 Å². The first-order valence-electron chi connectivity index (χ1n) is 11.5. The van der Waals surface area contributed by atoms with Gasteiger partial charge in [0.25, 0.3) is 5.91 Å². The number of primary amides is 1. The largest absolute Gasteiger partial charge is 0.366 e. The summed E-state index contributed by atoms with van der Waals surface area (Å²) in [4.78, 5) is 46.1. The van der Waals surface area contributed by atoms with Crippen molar-refractivity contribution in [3.8, 4) is 10.4 Å². The van der Waals surface area contributed by atoms with Crippen LogP contribution < -0.4 is 5.73 Å². The van der Waals surface area contributed by atoms with Gasteiger partial charge in [-0.2, -0.15) is 0 Å². The van der Waals surface area contributed by atoms with Crippen LogP contribution in [-0.2, 0) is 14.3 Å². The average Bonchev–Trinajstić information content (AvgIpc) is 3.52. The number of ketones is 1. The molecule has 2 amide bonds. The molecule has 7 nitrogen and oxygen atoms in total. The Bertz CT molecular complexity index is 1120. The Hall–Kier alpha value is -2.00. The maximum absolute atomic E-state index is 14.1. The molecule has 2 aliphatic heterocycles. The number of fused-ring (bicyclic) bond motifs is 1. The van der Waals surface area contributed by atoms with Crippen LogP contribution in [0.1, 0.15) is 53.3 Å². The van der Waals surface area contributed by atoms with Gasteiger partial charge in [-0.05, 0) is 42.5 Å².